The Hall–Kier alpha value is -0.950. The fourth-order valence-corrected chi connectivity index (χ4v) is 4.30. The Morgan fingerprint density at radius 3 is 2.84 bits per heavy atom. The number of halogens is 1. The third-order valence-electron chi connectivity index (χ3n) is 2.88. The normalized spacial score (nSPS) is 10.4. The van der Waals surface area contributed by atoms with Crippen molar-refractivity contribution in [2.45, 2.75) is 24.0 Å². The van der Waals surface area contributed by atoms with Crippen molar-refractivity contribution in [3.63, 3.8) is 0 Å². The Labute approximate surface area is 127 Å². The zero-order chi connectivity index (χ0) is 13.8. The fourth-order valence-electron chi connectivity index (χ4n) is 2.06. The van der Waals surface area contributed by atoms with Gasteiger partial charge in [-0.1, -0.05) is 49.2 Å². The number of thiophene rings is 1. The third kappa shape index (κ3) is 2.97. The van der Waals surface area contributed by atoms with Gasteiger partial charge in [0, 0.05) is 5.56 Å². The van der Waals surface area contributed by atoms with Gasteiger partial charge in [-0.05, 0) is 23.8 Å². The van der Waals surface area contributed by atoms with E-state index in [4.69, 9.17) is 11.6 Å². The monoisotopic (exact) mass is 307 g/mol. The lowest BCUT2D eigenvalue weighted by molar-refractivity contribution is 0.922. The molecule has 0 bridgehead atoms. The first-order valence-corrected chi connectivity index (χ1v) is 8.48. The zero-order valence-electron chi connectivity index (χ0n) is 10.9. The molecular weight excluding hydrogens is 294 g/mol. The van der Waals surface area contributed by atoms with Crippen LogP contribution < -0.4 is 0 Å². The lowest BCUT2D eigenvalue weighted by atomic mass is 10.0. The molecule has 1 heterocycles. The van der Waals surface area contributed by atoms with Gasteiger partial charge in [-0.15, -0.1) is 23.1 Å². The van der Waals surface area contributed by atoms with Gasteiger partial charge in [0.25, 0.3) is 0 Å². The molecule has 2 rings (SSSR count). The molecule has 0 aliphatic carbocycles. The highest BCUT2D eigenvalue weighted by molar-refractivity contribution is 8.00. The number of hydrogen-bond donors (Lipinski definition) is 0. The van der Waals surface area contributed by atoms with Crippen molar-refractivity contribution in [2.24, 2.45) is 0 Å². The van der Waals surface area contributed by atoms with Crippen molar-refractivity contribution in [1.82, 2.24) is 0 Å². The van der Waals surface area contributed by atoms with E-state index in [-0.39, 0.29) is 0 Å². The maximum atomic E-state index is 9.36. The van der Waals surface area contributed by atoms with E-state index in [9.17, 15) is 5.26 Å². The highest BCUT2D eigenvalue weighted by Crippen LogP contribution is 2.43. The van der Waals surface area contributed by atoms with Gasteiger partial charge >= 0.3 is 0 Å². The molecule has 0 atom stereocenters. The second kappa shape index (κ2) is 6.47. The summed E-state index contributed by atoms with van der Waals surface area (Å²) in [6, 6.07) is 10.6. The van der Waals surface area contributed by atoms with Crippen LogP contribution in [0.4, 0.5) is 0 Å². The smallest absolute Gasteiger partial charge is 0.103 e. The second-order valence-corrected chi connectivity index (χ2v) is 6.88. The predicted octanol–water partition coefficient (Wildman–Crippen LogP) is 5.61. The lowest BCUT2D eigenvalue weighted by Crippen LogP contribution is -1.86. The van der Waals surface area contributed by atoms with E-state index in [1.165, 1.54) is 16.9 Å². The van der Waals surface area contributed by atoms with Gasteiger partial charge in [0.15, 0.2) is 0 Å². The van der Waals surface area contributed by atoms with Gasteiger partial charge in [-0.25, -0.2) is 0 Å². The number of thioether (sulfide) groups is 1. The summed E-state index contributed by atoms with van der Waals surface area (Å²) >= 11 is 9.39. The molecule has 98 valence electrons. The van der Waals surface area contributed by atoms with Crippen LogP contribution in [0.25, 0.3) is 11.1 Å². The summed E-state index contributed by atoms with van der Waals surface area (Å²) in [4.78, 5) is 0. The molecule has 0 spiro atoms. The second-order valence-electron chi connectivity index (χ2n) is 4.18. The molecule has 0 aliphatic heterocycles. The molecule has 0 fully saturated rings. The van der Waals surface area contributed by atoms with Crippen LogP contribution in [0, 0.1) is 11.3 Å². The number of nitriles is 1. The molecule has 1 nitrogen and oxygen atoms in total. The number of benzene rings is 1. The van der Waals surface area contributed by atoms with Crippen molar-refractivity contribution in [3.8, 4) is 17.2 Å². The van der Waals surface area contributed by atoms with Crippen LogP contribution in [0.2, 0.25) is 4.34 Å². The molecule has 0 aliphatic rings. The Kier molecular flexibility index (Phi) is 4.93. The topological polar surface area (TPSA) is 23.8 Å². The van der Waals surface area contributed by atoms with Crippen molar-refractivity contribution in [2.75, 3.05) is 6.26 Å². The van der Waals surface area contributed by atoms with Gasteiger partial charge in [-0.3, -0.25) is 0 Å². The minimum absolute atomic E-state index is 0.703. The molecule has 0 unspecified atom stereocenters. The van der Waals surface area contributed by atoms with Gasteiger partial charge < -0.3 is 0 Å². The molecule has 4 heteroatoms. The van der Waals surface area contributed by atoms with E-state index in [0.717, 1.165) is 28.2 Å². The Bertz CT molecular complexity index is 626. The van der Waals surface area contributed by atoms with E-state index >= 15 is 0 Å². The van der Waals surface area contributed by atoms with E-state index in [2.05, 4.69) is 25.1 Å². The Morgan fingerprint density at radius 2 is 2.21 bits per heavy atom. The third-order valence-corrected chi connectivity index (χ3v) is 5.40. The summed E-state index contributed by atoms with van der Waals surface area (Å²) in [6.07, 6.45) is 4.13. The first-order valence-electron chi connectivity index (χ1n) is 6.07. The Morgan fingerprint density at radius 1 is 1.42 bits per heavy atom. The molecule has 0 saturated carbocycles. The Balaban J connectivity index is 2.55. The van der Waals surface area contributed by atoms with Crippen LogP contribution in [0.5, 0.6) is 0 Å². The van der Waals surface area contributed by atoms with E-state index < -0.39 is 0 Å². The summed E-state index contributed by atoms with van der Waals surface area (Å²) in [5, 5.41) is 9.36. The number of nitrogens with zero attached hydrogens (tertiary/aromatic N) is 1. The summed E-state index contributed by atoms with van der Waals surface area (Å²) in [5.74, 6) is 0. The minimum atomic E-state index is 0.703. The highest BCUT2D eigenvalue weighted by atomic mass is 35.5. The SMILES string of the molecule is CCCc1cccc(-c2c(Cl)sc(SC)c2C#N)c1. The van der Waals surface area contributed by atoms with Crippen molar-refractivity contribution in [3.05, 3.63) is 39.7 Å². The van der Waals surface area contributed by atoms with Crippen molar-refractivity contribution < 1.29 is 0 Å². The first-order chi connectivity index (χ1) is 9.21. The van der Waals surface area contributed by atoms with Crippen molar-refractivity contribution >= 4 is 34.7 Å². The van der Waals surface area contributed by atoms with Crippen LogP contribution in [0.1, 0.15) is 24.5 Å². The van der Waals surface area contributed by atoms with Crippen LogP contribution >= 0.6 is 34.7 Å². The van der Waals surface area contributed by atoms with Crippen LogP contribution in [-0.2, 0) is 6.42 Å². The molecule has 1 aromatic carbocycles. The number of hydrogen-bond acceptors (Lipinski definition) is 3. The van der Waals surface area contributed by atoms with Gasteiger partial charge in [0.05, 0.1) is 9.77 Å². The average molecular weight is 308 g/mol. The fraction of sp³-hybridized carbons (Fsp3) is 0.267. The van der Waals surface area contributed by atoms with E-state index in [0.29, 0.717) is 9.90 Å². The zero-order valence-corrected chi connectivity index (χ0v) is 13.3. The van der Waals surface area contributed by atoms with Crippen LogP contribution in [-0.4, -0.2) is 6.26 Å². The van der Waals surface area contributed by atoms with Gasteiger partial charge in [0.1, 0.15) is 10.4 Å². The molecule has 0 saturated heterocycles. The summed E-state index contributed by atoms with van der Waals surface area (Å²) in [5.41, 5.74) is 3.92. The van der Waals surface area contributed by atoms with E-state index in [1.807, 2.05) is 18.4 Å². The molecule has 0 amide bonds. The maximum Gasteiger partial charge on any atom is 0.103 e. The molecule has 1 aromatic heterocycles. The summed E-state index contributed by atoms with van der Waals surface area (Å²) in [6.45, 7) is 2.16. The minimum Gasteiger partial charge on any atom is -0.192 e. The average Bonchev–Trinajstić information content (AvgIpc) is 2.75. The first kappa shape index (κ1) is 14.5. The molecule has 0 radical (unpaired) electrons. The molecule has 0 N–H and O–H groups in total. The number of rotatable bonds is 4. The van der Waals surface area contributed by atoms with Crippen LogP contribution in [0.3, 0.4) is 0 Å². The summed E-state index contributed by atoms with van der Waals surface area (Å²) < 4.78 is 1.69. The summed E-state index contributed by atoms with van der Waals surface area (Å²) in [7, 11) is 0. The quantitative estimate of drug-likeness (QED) is 0.685. The molecule has 2 aromatic rings. The van der Waals surface area contributed by atoms with Gasteiger partial charge in [0.2, 0.25) is 0 Å². The number of aryl methyl sites for hydroxylation is 1. The molecular formula is C15H14ClNS2. The highest BCUT2D eigenvalue weighted by Gasteiger charge is 2.18. The maximum absolute atomic E-state index is 9.36. The largest absolute Gasteiger partial charge is 0.192 e. The predicted molar refractivity (Wildman–Crippen MR) is 85.3 cm³/mol. The lowest BCUT2D eigenvalue weighted by Gasteiger charge is -2.04. The van der Waals surface area contributed by atoms with E-state index in [1.54, 1.807) is 11.8 Å². The van der Waals surface area contributed by atoms with Crippen LogP contribution in [0.15, 0.2) is 28.5 Å². The molecule has 19 heavy (non-hydrogen) atoms. The standard InChI is InChI=1S/C15H14ClNS2/c1-3-5-10-6-4-7-11(8-10)13-12(9-17)15(18-2)19-14(13)16/h4,6-8H,3,5H2,1-2H3. The van der Waals surface area contributed by atoms with Gasteiger partial charge in [-0.2, -0.15) is 5.26 Å². The van der Waals surface area contributed by atoms with Crippen molar-refractivity contribution in [1.29, 1.82) is 5.26 Å².